The maximum atomic E-state index is 12.2. The van der Waals surface area contributed by atoms with Crippen LogP contribution < -0.4 is 11.3 Å². The standard InChI is InChI=1S/C14H21ClN4O/c1-2-10-3-6-14(20)19(8-7-10)9-12-11(15)4-5-13(17-12)18-16/h4-5,10H,2-3,6-9,16H2,1H3,(H,17,18). The third-order valence-corrected chi connectivity index (χ3v) is 4.26. The van der Waals surface area contributed by atoms with Crippen molar-refractivity contribution in [1.29, 1.82) is 0 Å². The SMILES string of the molecule is CCC1CCC(=O)N(Cc2nc(NN)ccc2Cl)CC1. The Balaban J connectivity index is 2.10. The van der Waals surface area contributed by atoms with E-state index in [1.54, 1.807) is 12.1 Å². The first kappa shape index (κ1) is 15.1. The second-order valence-electron chi connectivity index (χ2n) is 5.19. The number of pyridine rings is 1. The summed E-state index contributed by atoms with van der Waals surface area (Å²) in [6, 6.07) is 3.46. The zero-order valence-electron chi connectivity index (χ0n) is 11.7. The third kappa shape index (κ3) is 3.61. The molecule has 0 bridgehead atoms. The fourth-order valence-corrected chi connectivity index (χ4v) is 2.69. The Labute approximate surface area is 124 Å². The molecule has 5 nitrogen and oxygen atoms in total. The molecule has 20 heavy (non-hydrogen) atoms. The van der Waals surface area contributed by atoms with Gasteiger partial charge in [0, 0.05) is 13.0 Å². The first-order valence-corrected chi connectivity index (χ1v) is 7.41. The van der Waals surface area contributed by atoms with E-state index in [2.05, 4.69) is 17.3 Å². The van der Waals surface area contributed by atoms with E-state index in [-0.39, 0.29) is 5.91 Å². The van der Waals surface area contributed by atoms with Crippen LogP contribution in [0.4, 0.5) is 5.82 Å². The number of nitrogens with zero attached hydrogens (tertiary/aromatic N) is 2. The van der Waals surface area contributed by atoms with Gasteiger partial charge in [-0.3, -0.25) is 4.79 Å². The Morgan fingerprint density at radius 1 is 1.50 bits per heavy atom. The number of nitrogens with one attached hydrogen (secondary N) is 1. The molecule has 0 spiro atoms. The Kier molecular flexibility index (Phi) is 5.20. The van der Waals surface area contributed by atoms with Crippen molar-refractivity contribution in [2.24, 2.45) is 11.8 Å². The van der Waals surface area contributed by atoms with Gasteiger partial charge < -0.3 is 10.3 Å². The minimum absolute atomic E-state index is 0.185. The minimum atomic E-state index is 0.185. The van der Waals surface area contributed by atoms with Crippen LogP contribution in [-0.2, 0) is 11.3 Å². The van der Waals surface area contributed by atoms with Crippen LogP contribution in [0, 0.1) is 5.92 Å². The Morgan fingerprint density at radius 2 is 2.30 bits per heavy atom. The van der Waals surface area contributed by atoms with Crippen LogP contribution in [0.5, 0.6) is 0 Å². The van der Waals surface area contributed by atoms with E-state index in [9.17, 15) is 4.79 Å². The number of carbonyl (C=O) groups is 1. The number of halogens is 1. The molecule has 3 N–H and O–H groups in total. The summed E-state index contributed by atoms with van der Waals surface area (Å²) in [4.78, 5) is 18.3. The molecule has 0 saturated carbocycles. The second kappa shape index (κ2) is 6.90. The highest BCUT2D eigenvalue weighted by Crippen LogP contribution is 2.24. The van der Waals surface area contributed by atoms with Gasteiger partial charge in [0.15, 0.2) is 0 Å². The summed E-state index contributed by atoms with van der Waals surface area (Å²) in [5, 5.41) is 0.563. The van der Waals surface area contributed by atoms with Crippen LogP contribution in [0.1, 0.15) is 38.3 Å². The molecule has 110 valence electrons. The zero-order valence-corrected chi connectivity index (χ0v) is 12.5. The number of hydrogen-bond donors (Lipinski definition) is 2. The van der Waals surface area contributed by atoms with Crippen LogP contribution in [0.2, 0.25) is 5.02 Å². The maximum absolute atomic E-state index is 12.2. The fourth-order valence-electron chi connectivity index (χ4n) is 2.53. The van der Waals surface area contributed by atoms with E-state index in [4.69, 9.17) is 17.4 Å². The second-order valence-corrected chi connectivity index (χ2v) is 5.59. The average molecular weight is 297 g/mol. The predicted molar refractivity (Wildman–Crippen MR) is 80.1 cm³/mol. The molecule has 1 amide bonds. The molecule has 1 aliphatic rings. The number of anilines is 1. The van der Waals surface area contributed by atoms with Gasteiger partial charge in [0.1, 0.15) is 5.82 Å². The number of aromatic nitrogens is 1. The zero-order chi connectivity index (χ0) is 14.5. The van der Waals surface area contributed by atoms with Crippen LogP contribution >= 0.6 is 11.6 Å². The Bertz CT molecular complexity index is 480. The van der Waals surface area contributed by atoms with Crippen molar-refractivity contribution < 1.29 is 4.79 Å². The first-order valence-electron chi connectivity index (χ1n) is 7.03. The van der Waals surface area contributed by atoms with Crippen LogP contribution in [-0.4, -0.2) is 22.3 Å². The van der Waals surface area contributed by atoms with Crippen LogP contribution in [0.15, 0.2) is 12.1 Å². The highest BCUT2D eigenvalue weighted by Gasteiger charge is 2.22. The van der Waals surface area contributed by atoms with Gasteiger partial charge in [-0.1, -0.05) is 24.9 Å². The summed E-state index contributed by atoms with van der Waals surface area (Å²) >= 11 is 6.15. The molecule has 1 saturated heterocycles. The van der Waals surface area contributed by atoms with Gasteiger partial charge in [0.05, 0.1) is 17.3 Å². The Hall–Kier alpha value is -1.33. The van der Waals surface area contributed by atoms with Gasteiger partial charge in [0.25, 0.3) is 0 Å². The van der Waals surface area contributed by atoms with Crippen molar-refractivity contribution in [2.75, 3.05) is 12.0 Å². The third-order valence-electron chi connectivity index (χ3n) is 3.91. The number of nitrogen functional groups attached to an aromatic ring is 1. The summed E-state index contributed by atoms with van der Waals surface area (Å²) in [7, 11) is 0. The normalized spacial score (nSPS) is 19.9. The molecule has 1 aromatic rings. The van der Waals surface area contributed by atoms with Gasteiger partial charge >= 0.3 is 0 Å². The van der Waals surface area contributed by atoms with Gasteiger partial charge in [-0.15, -0.1) is 0 Å². The summed E-state index contributed by atoms with van der Waals surface area (Å²) in [6.07, 6.45) is 3.78. The van der Waals surface area contributed by atoms with E-state index >= 15 is 0 Å². The quantitative estimate of drug-likeness (QED) is 0.662. The fraction of sp³-hybridized carbons (Fsp3) is 0.571. The molecule has 2 heterocycles. The van der Waals surface area contributed by atoms with Gasteiger partial charge in [0.2, 0.25) is 5.91 Å². The number of carbonyl (C=O) groups excluding carboxylic acids is 1. The van der Waals surface area contributed by atoms with Crippen LogP contribution in [0.25, 0.3) is 0 Å². The van der Waals surface area contributed by atoms with Crippen molar-refractivity contribution >= 4 is 23.3 Å². The van der Waals surface area contributed by atoms with Crippen molar-refractivity contribution in [3.63, 3.8) is 0 Å². The van der Waals surface area contributed by atoms with Crippen molar-refractivity contribution in [1.82, 2.24) is 9.88 Å². The van der Waals surface area contributed by atoms with Crippen molar-refractivity contribution in [3.05, 3.63) is 22.8 Å². The smallest absolute Gasteiger partial charge is 0.222 e. The summed E-state index contributed by atoms with van der Waals surface area (Å²) in [5.74, 6) is 6.74. The highest BCUT2D eigenvalue weighted by molar-refractivity contribution is 6.31. The summed E-state index contributed by atoms with van der Waals surface area (Å²) in [5.41, 5.74) is 3.18. The molecule has 1 aliphatic heterocycles. The number of rotatable bonds is 4. The monoisotopic (exact) mass is 296 g/mol. The molecule has 1 aromatic heterocycles. The molecule has 0 aliphatic carbocycles. The number of hydrazine groups is 1. The number of hydrogen-bond acceptors (Lipinski definition) is 4. The lowest BCUT2D eigenvalue weighted by Crippen LogP contribution is -2.30. The molecular formula is C14H21ClN4O. The Morgan fingerprint density at radius 3 is 3.00 bits per heavy atom. The number of likely N-dealkylation sites (tertiary alicyclic amines) is 1. The molecule has 6 heteroatoms. The summed E-state index contributed by atoms with van der Waals surface area (Å²) in [6.45, 7) is 3.40. The van der Waals surface area contributed by atoms with Crippen molar-refractivity contribution in [2.45, 2.75) is 39.2 Å². The molecule has 2 rings (SSSR count). The van der Waals surface area contributed by atoms with E-state index < -0.39 is 0 Å². The molecule has 0 aromatic carbocycles. The molecule has 1 atom stereocenters. The number of nitrogens with two attached hydrogens (primary N) is 1. The molecule has 1 fully saturated rings. The first-order chi connectivity index (χ1) is 9.63. The molecular weight excluding hydrogens is 276 g/mol. The predicted octanol–water partition coefficient (Wildman–Crippen LogP) is 2.56. The molecule has 0 radical (unpaired) electrons. The van der Waals surface area contributed by atoms with Crippen molar-refractivity contribution in [3.8, 4) is 0 Å². The van der Waals surface area contributed by atoms with Gasteiger partial charge in [-0.25, -0.2) is 10.8 Å². The van der Waals surface area contributed by atoms with E-state index in [1.165, 1.54) is 0 Å². The minimum Gasteiger partial charge on any atom is -0.337 e. The van der Waals surface area contributed by atoms with E-state index in [0.29, 0.717) is 35.4 Å². The largest absolute Gasteiger partial charge is 0.337 e. The lowest BCUT2D eigenvalue weighted by molar-refractivity contribution is -0.131. The van der Waals surface area contributed by atoms with Gasteiger partial charge in [-0.05, 0) is 30.9 Å². The van der Waals surface area contributed by atoms with Crippen LogP contribution in [0.3, 0.4) is 0 Å². The lowest BCUT2D eigenvalue weighted by Gasteiger charge is -2.21. The average Bonchev–Trinajstić information content (AvgIpc) is 2.64. The van der Waals surface area contributed by atoms with E-state index in [0.717, 1.165) is 25.8 Å². The van der Waals surface area contributed by atoms with Gasteiger partial charge in [-0.2, -0.15) is 0 Å². The maximum Gasteiger partial charge on any atom is 0.222 e. The van der Waals surface area contributed by atoms with E-state index in [1.807, 2.05) is 4.90 Å². The number of amides is 1. The molecule has 1 unspecified atom stereocenters. The summed E-state index contributed by atoms with van der Waals surface area (Å²) < 4.78 is 0. The lowest BCUT2D eigenvalue weighted by atomic mass is 9.98. The topological polar surface area (TPSA) is 71.2 Å². The highest BCUT2D eigenvalue weighted by atomic mass is 35.5.